The largest absolute Gasteiger partial charge is 0.388 e. The van der Waals surface area contributed by atoms with Crippen LogP contribution in [0.5, 0.6) is 0 Å². The number of sulfone groups is 1. The van der Waals surface area contributed by atoms with Crippen molar-refractivity contribution >= 4 is 9.84 Å². The van der Waals surface area contributed by atoms with Crippen LogP contribution < -0.4 is 0 Å². The van der Waals surface area contributed by atoms with Gasteiger partial charge in [-0.05, 0) is 29.9 Å². The minimum atomic E-state index is -3.56. The molecular formula is C15H16O3S. The van der Waals surface area contributed by atoms with E-state index < -0.39 is 15.9 Å². The van der Waals surface area contributed by atoms with E-state index in [0.29, 0.717) is 5.57 Å². The molecule has 0 heterocycles. The predicted molar refractivity (Wildman–Crippen MR) is 75.2 cm³/mol. The van der Waals surface area contributed by atoms with Crippen LogP contribution in [0.1, 0.15) is 6.92 Å². The van der Waals surface area contributed by atoms with Crippen molar-refractivity contribution in [3.05, 3.63) is 65.6 Å². The first-order chi connectivity index (χ1) is 8.93. The van der Waals surface area contributed by atoms with Gasteiger partial charge in [-0.3, -0.25) is 0 Å². The second-order valence-electron chi connectivity index (χ2n) is 4.60. The number of benzene rings is 1. The highest BCUT2D eigenvalue weighted by Crippen LogP contribution is 2.27. The Morgan fingerprint density at radius 1 is 1.21 bits per heavy atom. The fourth-order valence-electron chi connectivity index (χ4n) is 1.91. The van der Waals surface area contributed by atoms with E-state index in [9.17, 15) is 13.5 Å². The lowest BCUT2D eigenvalue weighted by atomic mass is 10.00. The Morgan fingerprint density at radius 3 is 2.47 bits per heavy atom. The molecule has 0 aromatic heterocycles. The summed E-state index contributed by atoms with van der Waals surface area (Å²) in [4.78, 5) is 0.398. The maximum Gasteiger partial charge on any atom is 0.206 e. The fourth-order valence-corrected chi connectivity index (χ4v) is 3.26. The number of hydrogen-bond donors (Lipinski definition) is 1. The van der Waals surface area contributed by atoms with Crippen molar-refractivity contribution in [3.8, 4) is 0 Å². The zero-order chi connectivity index (χ0) is 14.0. The van der Waals surface area contributed by atoms with Gasteiger partial charge in [-0.2, -0.15) is 0 Å². The Bertz CT molecular complexity index is 639. The van der Waals surface area contributed by atoms with Crippen LogP contribution in [-0.2, 0) is 9.84 Å². The third kappa shape index (κ3) is 2.69. The number of aliphatic hydroxyl groups is 1. The van der Waals surface area contributed by atoms with Crippen LogP contribution in [0.25, 0.3) is 0 Å². The normalized spacial score (nSPS) is 23.9. The molecule has 0 spiro atoms. The summed E-state index contributed by atoms with van der Waals surface area (Å²) in [6, 6.07) is 8.23. The molecule has 0 fully saturated rings. The van der Waals surface area contributed by atoms with E-state index in [1.807, 2.05) is 6.92 Å². The van der Waals surface area contributed by atoms with Gasteiger partial charge in [-0.1, -0.05) is 37.8 Å². The van der Waals surface area contributed by atoms with Crippen LogP contribution >= 0.6 is 0 Å². The second kappa shape index (κ2) is 5.15. The summed E-state index contributed by atoms with van der Waals surface area (Å²) in [5.41, 5.74) is 0.409. The van der Waals surface area contributed by atoms with Gasteiger partial charge in [-0.15, -0.1) is 0 Å². The smallest absolute Gasteiger partial charge is 0.206 e. The van der Waals surface area contributed by atoms with Crippen molar-refractivity contribution < 1.29 is 13.5 Å². The molecular weight excluding hydrogens is 260 g/mol. The first-order valence-corrected chi connectivity index (χ1v) is 7.48. The molecule has 1 N–H and O–H groups in total. The number of allylic oxidation sites excluding steroid dienone is 1. The van der Waals surface area contributed by atoms with E-state index in [2.05, 4.69) is 6.58 Å². The highest BCUT2D eigenvalue weighted by Gasteiger charge is 2.23. The summed E-state index contributed by atoms with van der Waals surface area (Å²) >= 11 is 0. The van der Waals surface area contributed by atoms with Gasteiger partial charge in [0.05, 0.1) is 15.9 Å². The molecule has 0 radical (unpaired) electrons. The standard InChI is InChI=1S/C15H16O3S/c1-11-8-9-14(10-12(2)15(11)16)19(17,18)13-6-4-3-5-7-13/h3-11,15-16H,2H2,1H3/t11-,15-/m0/s1. The van der Waals surface area contributed by atoms with E-state index in [-0.39, 0.29) is 15.7 Å². The van der Waals surface area contributed by atoms with Crippen molar-refractivity contribution in [2.24, 2.45) is 5.92 Å². The van der Waals surface area contributed by atoms with Gasteiger partial charge in [0.2, 0.25) is 9.84 Å². The summed E-state index contributed by atoms with van der Waals surface area (Å²) in [5.74, 6) is -0.160. The number of hydrogen-bond acceptors (Lipinski definition) is 3. The second-order valence-corrected chi connectivity index (χ2v) is 6.55. The molecule has 1 aromatic rings. The topological polar surface area (TPSA) is 54.4 Å². The van der Waals surface area contributed by atoms with Crippen LogP contribution in [0.3, 0.4) is 0 Å². The molecule has 0 aliphatic heterocycles. The van der Waals surface area contributed by atoms with E-state index in [0.717, 1.165) is 0 Å². The minimum absolute atomic E-state index is 0.159. The van der Waals surface area contributed by atoms with Gasteiger partial charge in [0, 0.05) is 5.92 Å². The average Bonchev–Trinajstić information content (AvgIpc) is 2.54. The van der Waals surface area contributed by atoms with Crippen LogP contribution in [0.4, 0.5) is 0 Å². The van der Waals surface area contributed by atoms with Gasteiger partial charge in [0.15, 0.2) is 0 Å². The lowest BCUT2D eigenvalue weighted by molar-refractivity contribution is 0.178. The molecule has 4 heteroatoms. The van der Waals surface area contributed by atoms with Crippen LogP contribution in [0, 0.1) is 5.92 Å². The van der Waals surface area contributed by atoms with Gasteiger partial charge < -0.3 is 5.11 Å². The van der Waals surface area contributed by atoms with Gasteiger partial charge in [0.25, 0.3) is 0 Å². The third-order valence-electron chi connectivity index (χ3n) is 3.13. The van der Waals surface area contributed by atoms with Crippen molar-refractivity contribution in [1.82, 2.24) is 0 Å². The van der Waals surface area contributed by atoms with E-state index in [1.54, 1.807) is 36.4 Å². The number of rotatable bonds is 2. The molecule has 0 saturated carbocycles. The molecule has 1 aliphatic rings. The van der Waals surface area contributed by atoms with Gasteiger partial charge >= 0.3 is 0 Å². The quantitative estimate of drug-likeness (QED) is 0.902. The van der Waals surface area contributed by atoms with Crippen LogP contribution in [-0.4, -0.2) is 19.6 Å². The van der Waals surface area contributed by atoms with E-state index >= 15 is 0 Å². The Hall–Kier alpha value is -1.65. The molecule has 1 aliphatic carbocycles. The van der Waals surface area contributed by atoms with E-state index in [4.69, 9.17) is 0 Å². The molecule has 0 amide bonds. The molecule has 100 valence electrons. The summed E-state index contributed by atoms with van der Waals surface area (Å²) in [6.07, 6.45) is 3.91. The molecule has 3 nitrogen and oxygen atoms in total. The Labute approximate surface area is 113 Å². The Morgan fingerprint density at radius 2 is 1.84 bits per heavy atom. The molecule has 19 heavy (non-hydrogen) atoms. The lowest BCUT2D eigenvalue weighted by Gasteiger charge is -2.13. The van der Waals surface area contributed by atoms with E-state index in [1.165, 1.54) is 12.2 Å². The maximum absolute atomic E-state index is 12.5. The minimum Gasteiger partial charge on any atom is -0.388 e. The maximum atomic E-state index is 12.5. The molecule has 2 rings (SSSR count). The van der Waals surface area contributed by atoms with Crippen molar-refractivity contribution in [3.63, 3.8) is 0 Å². The summed E-state index contributed by atoms with van der Waals surface area (Å²) in [6.45, 7) is 5.55. The summed E-state index contributed by atoms with van der Waals surface area (Å²) in [7, 11) is -3.56. The summed E-state index contributed by atoms with van der Waals surface area (Å²) < 4.78 is 24.9. The molecule has 2 atom stereocenters. The Balaban J connectivity index is 2.50. The third-order valence-corrected chi connectivity index (χ3v) is 4.90. The average molecular weight is 276 g/mol. The lowest BCUT2D eigenvalue weighted by Crippen LogP contribution is -2.15. The fraction of sp³-hybridized carbons (Fsp3) is 0.200. The predicted octanol–water partition coefficient (Wildman–Crippen LogP) is 2.47. The monoisotopic (exact) mass is 276 g/mol. The van der Waals surface area contributed by atoms with Crippen LogP contribution in [0.15, 0.2) is 70.5 Å². The van der Waals surface area contributed by atoms with Crippen molar-refractivity contribution in [2.45, 2.75) is 17.9 Å². The zero-order valence-electron chi connectivity index (χ0n) is 10.7. The molecule has 0 saturated heterocycles. The van der Waals surface area contributed by atoms with Crippen LogP contribution in [0.2, 0.25) is 0 Å². The highest BCUT2D eigenvalue weighted by molar-refractivity contribution is 7.95. The summed E-state index contributed by atoms with van der Waals surface area (Å²) in [5, 5.41) is 9.89. The highest BCUT2D eigenvalue weighted by atomic mass is 32.2. The first-order valence-electron chi connectivity index (χ1n) is 6.00. The van der Waals surface area contributed by atoms with Gasteiger partial charge in [-0.25, -0.2) is 8.42 Å². The van der Waals surface area contributed by atoms with Crippen molar-refractivity contribution in [1.29, 1.82) is 0 Å². The van der Waals surface area contributed by atoms with Crippen molar-refractivity contribution in [2.75, 3.05) is 0 Å². The zero-order valence-corrected chi connectivity index (χ0v) is 11.5. The number of aliphatic hydroxyl groups excluding tert-OH is 1. The SMILES string of the molecule is C=C1C=C(S(=O)(=O)c2ccccc2)C=C[C@H](C)[C@@H]1O. The molecule has 0 bridgehead atoms. The first kappa shape index (κ1) is 13.8. The Kier molecular flexibility index (Phi) is 3.73. The molecule has 1 aromatic carbocycles. The van der Waals surface area contributed by atoms with Gasteiger partial charge in [0.1, 0.15) is 0 Å². The molecule has 0 unspecified atom stereocenters.